The maximum Gasteiger partial charge on any atom is 0.0295 e. The Labute approximate surface area is 183 Å². The summed E-state index contributed by atoms with van der Waals surface area (Å²) in [6.45, 7) is 12.1. The lowest BCUT2D eigenvalue weighted by Gasteiger charge is -2.33. The predicted octanol–water partition coefficient (Wildman–Crippen LogP) is 6.69. The molecule has 0 heterocycles. The normalized spacial score (nSPS) is 15.7. The molecule has 158 valence electrons. The van der Waals surface area contributed by atoms with Crippen LogP contribution in [0, 0.1) is 0 Å². The summed E-state index contributed by atoms with van der Waals surface area (Å²) >= 11 is 0. The minimum atomic E-state index is 0.257. The fourth-order valence-electron chi connectivity index (χ4n) is 3.66. The van der Waals surface area contributed by atoms with Gasteiger partial charge in [-0.05, 0) is 37.8 Å². The van der Waals surface area contributed by atoms with Crippen LogP contribution < -0.4 is 10.6 Å². The van der Waals surface area contributed by atoms with Gasteiger partial charge in [0.1, 0.15) is 0 Å². The number of benzene rings is 2. The van der Waals surface area contributed by atoms with Crippen LogP contribution in [0.2, 0.25) is 0 Å². The van der Waals surface area contributed by atoms with Crippen LogP contribution in [0.5, 0.6) is 0 Å². The van der Waals surface area contributed by atoms with Crippen LogP contribution in [0.1, 0.15) is 49.9 Å². The van der Waals surface area contributed by atoms with Gasteiger partial charge in [-0.1, -0.05) is 110 Å². The summed E-state index contributed by atoms with van der Waals surface area (Å²) in [5.74, 6) is 0. The zero-order valence-corrected chi connectivity index (χ0v) is 18.4. The summed E-state index contributed by atoms with van der Waals surface area (Å²) in [4.78, 5) is 0. The van der Waals surface area contributed by atoms with Gasteiger partial charge in [0.05, 0.1) is 0 Å². The molecule has 2 heteroatoms. The van der Waals surface area contributed by atoms with E-state index in [9.17, 15) is 0 Å². The molecular weight excluding hydrogens is 364 g/mol. The summed E-state index contributed by atoms with van der Waals surface area (Å²) in [5, 5.41) is 7.74. The summed E-state index contributed by atoms with van der Waals surface area (Å²) in [6.07, 6.45) is 14.0. The van der Waals surface area contributed by atoms with Crippen molar-refractivity contribution in [1.29, 1.82) is 0 Å². The first-order valence-corrected chi connectivity index (χ1v) is 10.8. The minimum Gasteiger partial charge on any atom is -0.306 e. The number of rotatable bonds is 13. The third-order valence-electron chi connectivity index (χ3n) is 5.34. The van der Waals surface area contributed by atoms with Crippen LogP contribution in [0.25, 0.3) is 0 Å². The van der Waals surface area contributed by atoms with Gasteiger partial charge >= 0.3 is 0 Å². The SMILES string of the molecule is C=C/C=C/C[C@@H](N[C@@H](C)c1ccccc1)[C@@H](C/C=C/C=C)N[C@@H](C)c1ccccc1. The Morgan fingerprint density at radius 1 is 0.667 bits per heavy atom. The van der Waals surface area contributed by atoms with Gasteiger partial charge in [-0.3, -0.25) is 0 Å². The first-order valence-electron chi connectivity index (χ1n) is 10.8. The van der Waals surface area contributed by atoms with Crippen LogP contribution in [-0.4, -0.2) is 12.1 Å². The average molecular weight is 401 g/mol. The fraction of sp³-hybridized carbons (Fsp3) is 0.286. The van der Waals surface area contributed by atoms with Crippen molar-refractivity contribution in [2.45, 2.75) is 50.9 Å². The summed E-state index contributed by atoms with van der Waals surface area (Å²) in [7, 11) is 0. The van der Waals surface area contributed by atoms with Gasteiger partial charge in [-0.15, -0.1) is 0 Å². The van der Waals surface area contributed by atoms with Crippen LogP contribution in [0.4, 0.5) is 0 Å². The third-order valence-corrected chi connectivity index (χ3v) is 5.34. The number of nitrogens with one attached hydrogen (secondary N) is 2. The quantitative estimate of drug-likeness (QED) is 0.366. The topological polar surface area (TPSA) is 24.1 Å². The fourth-order valence-corrected chi connectivity index (χ4v) is 3.66. The van der Waals surface area contributed by atoms with Gasteiger partial charge in [0.15, 0.2) is 0 Å². The zero-order valence-electron chi connectivity index (χ0n) is 18.4. The molecule has 2 nitrogen and oxygen atoms in total. The Kier molecular flexibility index (Phi) is 10.6. The van der Waals surface area contributed by atoms with Crippen molar-refractivity contribution >= 4 is 0 Å². The molecule has 0 spiro atoms. The molecule has 2 aromatic rings. The minimum absolute atomic E-state index is 0.257. The molecule has 0 aliphatic heterocycles. The lowest BCUT2D eigenvalue weighted by molar-refractivity contribution is 0.324. The Morgan fingerprint density at radius 3 is 1.37 bits per heavy atom. The van der Waals surface area contributed by atoms with Gasteiger partial charge in [-0.25, -0.2) is 0 Å². The second-order valence-corrected chi connectivity index (χ2v) is 7.61. The van der Waals surface area contributed by atoms with Crippen molar-refractivity contribution in [2.24, 2.45) is 0 Å². The third kappa shape index (κ3) is 7.98. The Bertz CT molecular complexity index is 722. The van der Waals surface area contributed by atoms with Crippen LogP contribution in [0.3, 0.4) is 0 Å². The highest BCUT2D eigenvalue weighted by Gasteiger charge is 2.23. The highest BCUT2D eigenvalue weighted by atomic mass is 15.0. The van der Waals surface area contributed by atoms with E-state index in [2.05, 4.69) is 110 Å². The van der Waals surface area contributed by atoms with E-state index in [4.69, 9.17) is 0 Å². The molecule has 4 atom stereocenters. The van der Waals surface area contributed by atoms with Gasteiger partial charge in [0.25, 0.3) is 0 Å². The Morgan fingerprint density at radius 2 is 1.03 bits per heavy atom. The molecule has 0 saturated heterocycles. The number of hydrogen-bond acceptors (Lipinski definition) is 2. The van der Waals surface area contributed by atoms with E-state index in [0.29, 0.717) is 0 Å². The second kappa shape index (κ2) is 13.5. The van der Waals surface area contributed by atoms with E-state index in [-0.39, 0.29) is 24.2 Å². The van der Waals surface area contributed by atoms with E-state index < -0.39 is 0 Å². The van der Waals surface area contributed by atoms with Gasteiger partial charge in [-0.2, -0.15) is 0 Å². The molecule has 0 aliphatic carbocycles. The lowest BCUT2D eigenvalue weighted by Crippen LogP contribution is -2.49. The Balaban J connectivity index is 2.22. The van der Waals surface area contributed by atoms with E-state index in [1.165, 1.54) is 11.1 Å². The van der Waals surface area contributed by atoms with E-state index in [1.54, 1.807) is 0 Å². The number of hydrogen-bond donors (Lipinski definition) is 2. The largest absolute Gasteiger partial charge is 0.306 e. The first-order chi connectivity index (χ1) is 14.7. The van der Waals surface area contributed by atoms with Crippen LogP contribution in [0.15, 0.2) is 110 Å². The monoisotopic (exact) mass is 400 g/mol. The van der Waals surface area contributed by atoms with Crippen molar-refractivity contribution in [1.82, 2.24) is 10.6 Å². The second-order valence-electron chi connectivity index (χ2n) is 7.61. The van der Waals surface area contributed by atoms with Crippen molar-refractivity contribution in [3.63, 3.8) is 0 Å². The zero-order chi connectivity index (χ0) is 21.6. The summed E-state index contributed by atoms with van der Waals surface area (Å²) in [5.41, 5.74) is 2.60. The molecule has 2 N–H and O–H groups in total. The van der Waals surface area contributed by atoms with Crippen molar-refractivity contribution < 1.29 is 0 Å². The molecule has 0 unspecified atom stereocenters. The molecule has 0 saturated carbocycles. The molecule has 2 aromatic carbocycles. The first kappa shape index (κ1) is 23.6. The molecule has 0 bridgehead atoms. The number of allylic oxidation sites excluding steroid dienone is 4. The molecule has 2 rings (SSSR count). The average Bonchev–Trinajstić information content (AvgIpc) is 2.79. The van der Waals surface area contributed by atoms with Gasteiger partial charge in [0.2, 0.25) is 0 Å². The maximum atomic E-state index is 3.87. The van der Waals surface area contributed by atoms with E-state index >= 15 is 0 Å². The summed E-state index contributed by atoms with van der Waals surface area (Å²) in [6, 6.07) is 22.3. The van der Waals surface area contributed by atoms with Crippen molar-refractivity contribution in [2.75, 3.05) is 0 Å². The van der Waals surface area contributed by atoms with E-state index in [1.807, 2.05) is 24.3 Å². The molecule has 0 radical (unpaired) electrons. The highest BCUT2D eigenvalue weighted by Crippen LogP contribution is 2.19. The lowest BCUT2D eigenvalue weighted by atomic mass is 9.96. The van der Waals surface area contributed by atoms with Gasteiger partial charge < -0.3 is 10.6 Å². The smallest absolute Gasteiger partial charge is 0.0295 e. The van der Waals surface area contributed by atoms with Crippen molar-refractivity contribution in [3.05, 3.63) is 121 Å². The van der Waals surface area contributed by atoms with Crippen molar-refractivity contribution in [3.8, 4) is 0 Å². The molecule has 0 aromatic heterocycles. The molecule has 0 amide bonds. The van der Waals surface area contributed by atoms with Gasteiger partial charge in [0, 0.05) is 24.2 Å². The molecule has 0 fully saturated rings. The standard InChI is InChI=1S/C28H36N2/c1-5-7-11-21-27(29-23(3)25-17-13-9-14-18-25)28(22-12-8-6-2)30-24(4)26-19-15-10-16-20-26/h5-20,23-24,27-30H,1-2,21-22H2,3-4H3/b11-7+,12-8+/t23-,24-,27+,28+/m0/s1. The molecule has 30 heavy (non-hydrogen) atoms. The maximum absolute atomic E-state index is 3.87. The van der Waals surface area contributed by atoms with E-state index in [0.717, 1.165) is 12.8 Å². The van der Waals surface area contributed by atoms with Crippen LogP contribution >= 0.6 is 0 Å². The van der Waals surface area contributed by atoms with Crippen LogP contribution in [-0.2, 0) is 0 Å². The predicted molar refractivity (Wildman–Crippen MR) is 131 cm³/mol. The molecule has 0 aliphatic rings. The summed E-state index contributed by atoms with van der Waals surface area (Å²) < 4.78 is 0. The Hall–Kier alpha value is -2.68. The molecular formula is C28H36N2. The highest BCUT2D eigenvalue weighted by molar-refractivity contribution is 5.20.